The number of rotatable bonds is 11. The molecule has 6 fully saturated rings. The van der Waals surface area contributed by atoms with E-state index in [1.165, 1.54) is 32.3 Å². The molecule has 3 aliphatic heterocycles. The van der Waals surface area contributed by atoms with Crippen LogP contribution in [0.4, 0.5) is 4.79 Å². The van der Waals surface area contributed by atoms with Gasteiger partial charge in [-0.2, -0.15) is 0 Å². The summed E-state index contributed by atoms with van der Waals surface area (Å²) >= 11 is 6.91. The SMILES string of the molecule is COc1ccc(C(NC(=O)N2C[C@H]3CCCN3C(=O)C2=O)C(=O)N[C@@H](Cc2cccc(C(=O)OC(C)(C)C)c2OC)B2O[C@@H]3C[C@@H]4C[C@@H](C4(C)C)[C@]3(C)O2)c(Cl)c1OC. The Morgan fingerprint density at radius 1 is 0.983 bits per heavy atom. The average molecular weight is 837 g/mol. The first-order valence-electron chi connectivity index (χ1n) is 20.2. The van der Waals surface area contributed by atoms with Gasteiger partial charge in [-0.05, 0) is 94.7 Å². The van der Waals surface area contributed by atoms with Gasteiger partial charge in [0.2, 0.25) is 5.91 Å². The van der Waals surface area contributed by atoms with Gasteiger partial charge in [-0.25, -0.2) is 9.59 Å². The Bertz CT molecular complexity index is 2040. The molecule has 0 spiro atoms. The number of para-hydroxylation sites is 1. The lowest BCUT2D eigenvalue weighted by Crippen LogP contribution is -2.65. The first-order valence-corrected chi connectivity index (χ1v) is 20.6. The molecule has 3 saturated carbocycles. The summed E-state index contributed by atoms with van der Waals surface area (Å²) in [5.74, 6) is -2.66. The van der Waals surface area contributed by atoms with Crippen molar-refractivity contribution in [3.05, 3.63) is 52.0 Å². The van der Waals surface area contributed by atoms with Crippen molar-refractivity contribution in [2.75, 3.05) is 34.4 Å². The molecule has 3 heterocycles. The summed E-state index contributed by atoms with van der Waals surface area (Å²) in [6, 6.07) is 5.37. The second kappa shape index (κ2) is 15.8. The fourth-order valence-electron chi connectivity index (χ4n) is 9.88. The normalized spacial score (nSPS) is 26.6. The predicted molar refractivity (Wildman–Crippen MR) is 216 cm³/mol. The Hall–Kier alpha value is -4.54. The van der Waals surface area contributed by atoms with E-state index < -0.39 is 60.0 Å². The molecule has 1 unspecified atom stereocenters. The van der Waals surface area contributed by atoms with Gasteiger partial charge in [-0.15, -0.1) is 0 Å². The molecule has 59 heavy (non-hydrogen) atoms. The Morgan fingerprint density at radius 3 is 2.37 bits per heavy atom. The Labute approximate surface area is 350 Å². The summed E-state index contributed by atoms with van der Waals surface area (Å²) in [5.41, 5.74) is -0.493. The number of hydrogen-bond donors (Lipinski definition) is 2. The lowest BCUT2D eigenvalue weighted by Gasteiger charge is -2.64. The lowest BCUT2D eigenvalue weighted by atomic mass is 9.43. The smallest absolute Gasteiger partial charge is 0.482 e. The van der Waals surface area contributed by atoms with Crippen molar-refractivity contribution >= 4 is 48.4 Å². The number of hydrogen-bond acceptors (Lipinski definition) is 11. The lowest BCUT2D eigenvalue weighted by molar-refractivity contribution is -0.199. The number of benzene rings is 2. The number of urea groups is 1. The van der Waals surface area contributed by atoms with E-state index in [4.69, 9.17) is 39.9 Å². The van der Waals surface area contributed by atoms with Crippen LogP contribution in [0.25, 0.3) is 0 Å². The molecule has 3 aliphatic carbocycles. The maximum atomic E-state index is 15.0. The van der Waals surface area contributed by atoms with E-state index >= 15 is 0 Å². The van der Waals surface area contributed by atoms with Crippen molar-refractivity contribution in [3.63, 3.8) is 0 Å². The van der Waals surface area contributed by atoms with Gasteiger partial charge >= 0.3 is 30.9 Å². The standard InChI is InChI=1S/C42H54BClN4O11/c1-40(2,3)57-38(52)26-14-10-12-22(33(26)55-8)18-30(43-58-29-20-23-19-28(41(23,4)5)42(29,6)59-43)45-35(49)32(25-15-16-27(54-7)34(56-9)31(25)44)46-39(53)48-21-24-13-11-17-47(24)36(50)37(48)51/h10,12,14-16,23-24,28-30,32H,11,13,17-21H2,1-9H3,(H,45,49)(H,46,53)/t23-,24+,28-,29+,30-,32?,42-/m0/s1. The Balaban J connectivity index is 1.25. The third-order valence-electron chi connectivity index (χ3n) is 13.0. The molecule has 2 N–H and O–H groups in total. The van der Waals surface area contributed by atoms with Gasteiger partial charge in [0.05, 0.1) is 56.6 Å². The first kappa shape index (κ1) is 42.6. The van der Waals surface area contributed by atoms with Gasteiger partial charge in [0.1, 0.15) is 23.0 Å². The van der Waals surface area contributed by atoms with E-state index in [1.807, 2.05) is 0 Å². The van der Waals surface area contributed by atoms with Gasteiger partial charge in [0, 0.05) is 12.1 Å². The van der Waals surface area contributed by atoms with E-state index in [2.05, 4.69) is 31.4 Å². The average Bonchev–Trinajstić information content (AvgIpc) is 3.81. The van der Waals surface area contributed by atoms with Crippen molar-refractivity contribution in [2.24, 2.45) is 17.3 Å². The summed E-state index contributed by atoms with van der Waals surface area (Å²) < 4.78 is 36.1. The molecule has 17 heteroatoms. The van der Waals surface area contributed by atoms with Gasteiger partial charge in [-0.1, -0.05) is 43.6 Å². The van der Waals surface area contributed by atoms with E-state index in [9.17, 15) is 24.0 Å². The van der Waals surface area contributed by atoms with Gasteiger partial charge in [-0.3, -0.25) is 19.3 Å². The second-order valence-electron chi connectivity index (χ2n) is 18.0. The van der Waals surface area contributed by atoms with Crippen molar-refractivity contribution in [1.29, 1.82) is 0 Å². The van der Waals surface area contributed by atoms with Crippen LogP contribution < -0.4 is 24.8 Å². The molecule has 0 aromatic heterocycles. The van der Waals surface area contributed by atoms with Crippen LogP contribution >= 0.6 is 11.6 Å². The molecule has 318 valence electrons. The molecule has 7 atom stereocenters. The number of amides is 5. The highest BCUT2D eigenvalue weighted by Crippen LogP contribution is 2.65. The summed E-state index contributed by atoms with van der Waals surface area (Å²) in [6.45, 7) is 12.3. The highest BCUT2D eigenvalue weighted by Gasteiger charge is 2.68. The molecule has 5 amide bonds. The summed E-state index contributed by atoms with van der Waals surface area (Å²) in [7, 11) is 3.32. The topological polar surface area (TPSA) is 171 Å². The van der Waals surface area contributed by atoms with Gasteiger partial charge < -0.3 is 43.8 Å². The number of fused-ring (bicyclic) bond motifs is 1. The van der Waals surface area contributed by atoms with Crippen LogP contribution in [0.5, 0.6) is 17.2 Å². The third-order valence-corrected chi connectivity index (χ3v) is 13.4. The molecule has 2 aromatic rings. The van der Waals surface area contributed by atoms with Crippen LogP contribution in [0, 0.1) is 17.3 Å². The summed E-state index contributed by atoms with van der Waals surface area (Å²) in [4.78, 5) is 71.1. The van der Waals surface area contributed by atoms with Crippen molar-refractivity contribution < 1.29 is 52.2 Å². The number of nitrogens with zero attached hydrogens (tertiary/aromatic N) is 2. The molecular formula is C42H54BClN4O11. The number of nitrogens with one attached hydrogen (secondary N) is 2. The van der Waals surface area contributed by atoms with Crippen molar-refractivity contribution in [1.82, 2.24) is 20.4 Å². The monoisotopic (exact) mass is 836 g/mol. The number of esters is 1. The molecule has 8 rings (SSSR count). The Kier molecular flexibility index (Phi) is 11.4. The summed E-state index contributed by atoms with van der Waals surface area (Å²) in [6.07, 6.45) is 2.95. The first-order chi connectivity index (χ1) is 27.8. The number of imide groups is 1. The molecule has 3 saturated heterocycles. The second-order valence-corrected chi connectivity index (χ2v) is 18.3. The minimum atomic E-state index is -1.53. The third kappa shape index (κ3) is 7.60. The minimum absolute atomic E-state index is 0.0208. The van der Waals surface area contributed by atoms with Crippen LogP contribution in [-0.4, -0.2) is 110 Å². The van der Waals surface area contributed by atoms with Crippen LogP contribution in [0.2, 0.25) is 5.02 Å². The van der Waals surface area contributed by atoms with Crippen LogP contribution in [0.15, 0.2) is 30.3 Å². The molecule has 2 bridgehead atoms. The van der Waals surface area contributed by atoms with E-state index in [-0.39, 0.29) is 69.8 Å². The number of carbonyl (C=O) groups is 5. The number of carbonyl (C=O) groups excluding carboxylic acids is 5. The molecule has 0 radical (unpaired) electrons. The van der Waals surface area contributed by atoms with Crippen LogP contribution in [0.3, 0.4) is 0 Å². The quantitative estimate of drug-likeness (QED) is 0.179. The Morgan fingerprint density at radius 2 is 1.71 bits per heavy atom. The van der Waals surface area contributed by atoms with E-state index in [1.54, 1.807) is 45.0 Å². The van der Waals surface area contributed by atoms with Gasteiger partial charge in [0.15, 0.2) is 11.5 Å². The van der Waals surface area contributed by atoms with Crippen LogP contribution in [-0.2, 0) is 34.9 Å². The molecule has 15 nitrogen and oxygen atoms in total. The number of halogens is 1. The van der Waals surface area contributed by atoms with Crippen molar-refractivity contribution in [2.45, 2.75) is 109 Å². The molecular weight excluding hydrogens is 783 g/mol. The zero-order chi connectivity index (χ0) is 42.8. The van der Waals surface area contributed by atoms with Gasteiger partial charge in [0.25, 0.3) is 0 Å². The number of ether oxygens (including phenoxy) is 4. The molecule has 6 aliphatic rings. The maximum absolute atomic E-state index is 15.0. The van der Waals surface area contributed by atoms with E-state index in [0.717, 1.165) is 17.7 Å². The largest absolute Gasteiger partial charge is 0.496 e. The van der Waals surface area contributed by atoms with E-state index in [0.29, 0.717) is 30.9 Å². The number of methoxy groups -OCH3 is 3. The minimum Gasteiger partial charge on any atom is -0.496 e. The van der Waals surface area contributed by atoms with Crippen molar-refractivity contribution in [3.8, 4) is 17.2 Å². The van der Waals surface area contributed by atoms with Crippen LogP contribution in [0.1, 0.15) is 94.8 Å². The summed E-state index contributed by atoms with van der Waals surface area (Å²) in [5, 5.41) is 5.78. The zero-order valence-electron chi connectivity index (χ0n) is 35.1. The number of piperazine rings is 1. The predicted octanol–water partition coefficient (Wildman–Crippen LogP) is 4.90. The fourth-order valence-corrected chi connectivity index (χ4v) is 10.2. The molecule has 2 aromatic carbocycles. The highest BCUT2D eigenvalue weighted by molar-refractivity contribution is 6.48. The zero-order valence-corrected chi connectivity index (χ0v) is 35.9. The highest BCUT2D eigenvalue weighted by atomic mass is 35.5. The maximum Gasteiger partial charge on any atom is 0.482 e. The fraction of sp³-hybridized carbons (Fsp3) is 0.595.